The van der Waals surface area contributed by atoms with Gasteiger partial charge in [0, 0.05) is 24.8 Å². The van der Waals surface area contributed by atoms with Crippen molar-refractivity contribution >= 4 is 11.7 Å². The Morgan fingerprint density at radius 1 is 1.55 bits per heavy atom. The second kappa shape index (κ2) is 5.40. The fourth-order valence-corrected chi connectivity index (χ4v) is 3.35. The number of primary amides is 1. The molecule has 1 saturated heterocycles. The number of aromatic nitrogens is 1. The maximum absolute atomic E-state index is 11.8. The number of aryl methyl sites for hydroxylation is 2. The van der Waals surface area contributed by atoms with Crippen LogP contribution in [0.2, 0.25) is 0 Å². The highest BCUT2D eigenvalue weighted by atomic mass is 16.1. The van der Waals surface area contributed by atoms with Crippen molar-refractivity contribution in [3.63, 3.8) is 0 Å². The second-order valence-corrected chi connectivity index (χ2v) is 5.62. The number of nitrogens with one attached hydrogen (secondary N) is 1. The van der Waals surface area contributed by atoms with Crippen LogP contribution in [0.3, 0.4) is 0 Å². The van der Waals surface area contributed by atoms with Gasteiger partial charge in [0.2, 0.25) is 0 Å². The summed E-state index contributed by atoms with van der Waals surface area (Å²) in [5.41, 5.74) is 8.51. The topological polar surface area (TPSA) is 71.2 Å². The molecule has 0 bridgehead atoms. The van der Waals surface area contributed by atoms with E-state index in [9.17, 15) is 4.79 Å². The maximum atomic E-state index is 11.8. The van der Waals surface area contributed by atoms with Crippen LogP contribution >= 0.6 is 0 Å². The van der Waals surface area contributed by atoms with Gasteiger partial charge in [0.15, 0.2) is 0 Å². The van der Waals surface area contributed by atoms with Gasteiger partial charge in [0.25, 0.3) is 5.91 Å². The molecule has 1 fully saturated rings. The Hall–Kier alpha value is -1.62. The maximum Gasteiger partial charge on any atom is 0.252 e. The SMILES string of the molecule is CCN(c1nc2c(cc1C(N)=O)CCC2)C1CCNC1. The number of anilines is 1. The van der Waals surface area contributed by atoms with E-state index in [1.165, 1.54) is 5.56 Å². The summed E-state index contributed by atoms with van der Waals surface area (Å²) >= 11 is 0. The van der Waals surface area contributed by atoms with E-state index in [0.717, 1.165) is 56.8 Å². The highest BCUT2D eigenvalue weighted by Gasteiger charge is 2.27. The number of nitrogens with two attached hydrogens (primary N) is 1. The summed E-state index contributed by atoms with van der Waals surface area (Å²) in [6.45, 7) is 4.93. The predicted octanol–water partition coefficient (Wildman–Crippen LogP) is 0.857. The molecule has 5 heteroatoms. The van der Waals surface area contributed by atoms with E-state index in [-0.39, 0.29) is 5.91 Å². The Balaban J connectivity index is 2.03. The molecular weight excluding hydrogens is 252 g/mol. The lowest BCUT2D eigenvalue weighted by Gasteiger charge is -2.30. The summed E-state index contributed by atoms with van der Waals surface area (Å²) in [6, 6.07) is 2.38. The van der Waals surface area contributed by atoms with Crippen LogP contribution in [0, 0.1) is 0 Å². The Bertz CT molecular complexity index is 523. The molecule has 3 N–H and O–H groups in total. The predicted molar refractivity (Wildman–Crippen MR) is 79.1 cm³/mol. The minimum Gasteiger partial charge on any atom is -0.365 e. The third-order valence-electron chi connectivity index (χ3n) is 4.38. The number of pyridine rings is 1. The lowest BCUT2D eigenvalue weighted by Crippen LogP contribution is -2.39. The minimum absolute atomic E-state index is 0.369. The molecular formula is C15H22N4O. The van der Waals surface area contributed by atoms with Gasteiger partial charge in [-0.3, -0.25) is 4.79 Å². The van der Waals surface area contributed by atoms with Crippen molar-refractivity contribution in [2.75, 3.05) is 24.5 Å². The number of nitrogens with zero attached hydrogens (tertiary/aromatic N) is 2. The fraction of sp³-hybridized carbons (Fsp3) is 0.600. The molecule has 20 heavy (non-hydrogen) atoms. The molecule has 2 aliphatic rings. The van der Waals surface area contributed by atoms with Crippen molar-refractivity contribution in [2.24, 2.45) is 5.73 Å². The van der Waals surface area contributed by atoms with E-state index < -0.39 is 0 Å². The van der Waals surface area contributed by atoms with Gasteiger partial charge in [-0.05, 0) is 50.8 Å². The smallest absolute Gasteiger partial charge is 0.252 e. The van der Waals surface area contributed by atoms with Gasteiger partial charge in [-0.15, -0.1) is 0 Å². The zero-order chi connectivity index (χ0) is 14.1. The van der Waals surface area contributed by atoms with Crippen LogP contribution in [0.1, 0.15) is 41.4 Å². The molecule has 0 saturated carbocycles. The summed E-state index contributed by atoms with van der Waals surface area (Å²) < 4.78 is 0. The minimum atomic E-state index is -0.369. The second-order valence-electron chi connectivity index (χ2n) is 5.62. The van der Waals surface area contributed by atoms with E-state index in [1.807, 2.05) is 6.07 Å². The zero-order valence-corrected chi connectivity index (χ0v) is 12.0. The summed E-state index contributed by atoms with van der Waals surface area (Å²) in [4.78, 5) is 18.8. The molecule has 1 aromatic heterocycles. The van der Waals surface area contributed by atoms with Crippen molar-refractivity contribution in [3.05, 3.63) is 22.9 Å². The number of hydrogen-bond donors (Lipinski definition) is 2. The third kappa shape index (κ3) is 2.26. The van der Waals surface area contributed by atoms with Crippen LogP contribution in [0.15, 0.2) is 6.07 Å². The first-order valence-corrected chi connectivity index (χ1v) is 7.50. The zero-order valence-electron chi connectivity index (χ0n) is 12.0. The van der Waals surface area contributed by atoms with E-state index in [0.29, 0.717) is 11.6 Å². The number of hydrogen-bond acceptors (Lipinski definition) is 4. The lowest BCUT2D eigenvalue weighted by molar-refractivity contribution is 0.100. The molecule has 1 aliphatic heterocycles. The van der Waals surface area contributed by atoms with Gasteiger partial charge < -0.3 is 16.0 Å². The molecule has 1 aliphatic carbocycles. The van der Waals surface area contributed by atoms with Crippen LogP contribution in [-0.2, 0) is 12.8 Å². The third-order valence-corrected chi connectivity index (χ3v) is 4.38. The van der Waals surface area contributed by atoms with Gasteiger partial charge in [0.1, 0.15) is 5.82 Å². The van der Waals surface area contributed by atoms with Crippen LogP contribution in [0.4, 0.5) is 5.82 Å². The van der Waals surface area contributed by atoms with Crippen molar-refractivity contribution in [3.8, 4) is 0 Å². The van der Waals surface area contributed by atoms with Crippen LogP contribution in [0.5, 0.6) is 0 Å². The molecule has 3 rings (SSSR count). The number of carbonyl (C=O) groups excluding carboxylic acids is 1. The van der Waals surface area contributed by atoms with Gasteiger partial charge in [-0.1, -0.05) is 0 Å². The largest absolute Gasteiger partial charge is 0.365 e. The average Bonchev–Trinajstić information content (AvgIpc) is 3.08. The van der Waals surface area contributed by atoms with E-state index >= 15 is 0 Å². The number of fused-ring (bicyclic) bond motifs is 1. The summed E-state index contributed by atoms with van der Waals surface area (Å²) in [6.07, 6.45) is 4.24. The Morgan fingerprint density at radius 2 is 2.40 bits per heavy atom. The molecule has 1 unspecified atom stereocenters. The average molecular weight is 274 g/mol. The molecule has 2 heterocycles. The first-order valence-electron chi connectivity index (χ1n) is 7.50. The summed E-state index contributed by atoms with van der Waals surface area (Å²) in [5, 5.41) is 3.37. The highest BCUT2D eigenvalue weighted by molar-refractivity contribution is 5.98. The monoisotopic (exact) mass is 274 g/mol. The molecule has 1 amide bonds. The number of likely N-dealkylation sites (N-methyl/N-ethyl adjacent to an activating group) is 1. The Morgan fingerprint density at radius 3 is 3.05 bits per heavy atom. The van der Waals surface area contributed by atoms with E-state index in [2.05, 4.69) is 17.1 Å². The van der Waals surface area contributed by atoms with Gasteiger partial charge in [-0.25, -0.2) is 4.98 Å². The molecule has 1 atom stereocenters. The Labute approximate surface area is 119 Å². The highest BCUT2D eigenvalue weighted by Crippen LogP contribution is 2.29. The molecule has 0 spiro atoms. The normalized spacial score (nSPS) is 20.9. The van der Waals surface area contributed by atoms with Crippen molar-refractivity contribution < 1.29 is 4.79 Å². The Kier molecular flexibility index (Phi) is 3.61. The molecule has 0 aromatic carbocycles. The molecule has 108 valence electrons. The van der Waals surface area contributed by atoms with Crippen LogP contribution in [0.25, 0.3) is 0 Å². The standard InChI is InChI=1S/C15H22N4O/c1-2-19(11-6-7-17-9-11)15-12(14(16)20)8-10-4-3-5-13(10)18-15/h8,11,17H,2-7,9H2,1H3,(H2,16,20). The van der Waals surface area contributed by atoms with Gasteiger partial charge in [-0.2, -0.15) is 0 Å². The molecule has 5 nitrogen and oxygen atoms in total. The first kappa shape index (κ1) is 13.4. The molecule has 1 aromatic rings. The quantitative estimate of drug-likeness (QED) is 0.854. The number of rotatable bonds is 4. The van der Waals surface area contributed by atoms with Gasteiger partial charge in [0.05, 0.1) is 5.56 Å². The fourth-order valence-electron chi connectivity index (χ4n) is 3.35. The van der Waals surface area contributed by atoms with Crippen molar-refractivity contribution in [2.45, 2.75) is 38.6 Å². The van der Waals surface area contributed by atoms with Crippen LogP contribution in [-0.4, -0.2) is 36.6 Å². The van der Waals surface area contributed by atoms with Gasteiger partial charge >= 0.3 is 0 Å². The molecule has 0 radical (unpaired) electrons. The van der Waals surface area contributed by atoms with Crippen molar-refractivity contribution in [1.82, 2.24) is 10.3 Å². The summed E-state index contributed by atoms with van der Waals surface area (Å²) in [5.74, 6) is 0.418. The van der Waals surface area contributed by atoms with Crippen LogP contribution < -0.4 is 16.0 Å². The van der Waals surface area contributed by atoms with E-state index in [4.69, 9.17) is 10.7 Å². The first-order chi connectivity index (χ1) is 9.70. The lowest BCUT2D eigenvalue weighted by atomic mass is 10.1. The number of amides is 1. The number of carbonyl (C=O) groups is 1. The summed E-state index contributed by atoms with van der Waals surface area (Å²) in [7, 11) is 0. The van der Waals surface area contributed by atoms with Crippen molar-refractivity contribution in [1.29, 1.82) is 0 Å². The van der Waals surface area contributed by atoms with E-state index in [1.54, 1.807) is 0 Å².